The van der Waals surface area contributed by atoms with Gasteiger partial charge in [0.25, 0.3) is 0 Å². The van der Waals surface area contributed by atoms with Crippen LogP contribution in [0, 0.1) is 5.82 Å². The smallest absolute Gasteiger partial charge is 0.181 e. The molecule has 0 radical (unpaired) electrons. The van der Waals surface area contributed by atoms with E-state index >= 15 is 0 Å². The van der Waals surface area contributed by atoms with Crippen LogP contribution in [0.15, 0.2) is 48.5 Å². The minimum absolute atomic E-state index is 0.0600. The number of hydrogen-bond donors (Lipinski definition) is 1. The number of nitrogens with zero attached hydrogens (tertiary/aromatic N) is 1. The van der Waals surface area contributed by atoms with Crippen LogP contribution >= 0.6 is 0 Å². The second-order valence-electron chi connectivity index (χ2n) is 8.32. The Morgan fingerprint density at radius 2 is 1.90 bits per heavy atom. The molecule has 0 aliphatic carbocycles. The van der Waals surface area contributed by atoms with E-state index in [1.165, 1.54) is 18.2 Å². The molecule has 1 spiro atoms. The number of carbonyl (C=O) groups excluding carboxylic acids is 2. The first-order chi connectivity index (χ1) is 15.0. The number of hydrogen-bond acceptors (Lipinski definition) is 5. The monoisotopic (exact) mass is 423 g/mol. The first kappa shape index (κ1) is 21.4. The zero-order valence-corrected chi connectivity index (χ0v) is 17.4. The maximum Gasteiger partial charge on any atom is 0.181 e. The van der Waals surface area contributed by atoms with Crippen LogP contribution in [0.1, 0.15) is 40.7 Å². The van der Waals surface area contributed by atoms with Crippen LogP contribution in [0.4, 0.5) is 4.39 Å². The Morgan fingerprint density at radius 3 is 2.61 bits per heavy atom. The number of aliphatic hydroxyl groups is 1. The molecule has 2 aromatic carbocycles. The molecule has 0 aromatic heterocycles. The highest BCUT2D eigenvalue weighted by molar-refractivity contribution is 6.01. The average molecular weight is 423 g/mol. The fraction of sp³-hybridized carbons (Fsp3) is 0.360. The number of carbonyl (C=O) groups is 2. The van der Waals surface area contributed by atoms with Crippen molar-refractivity contribution in [1.82, 2.24) is 4.90 Å². The summed E-state index contributed by atoms with van der Waals surface area (Å²) in [6.07, 6.45) is 5.69. The van der Waals surface area contributed by atoms with E-state index in [2.05, 4.69) is 4.90 Å². The third-order valence-corrected chi connectivity index (χ3v) is 6.13. The zero-order valence-electron chi connectivity index (χ0n) is 17.4. The number of ether oxygens (including phenoxy) is 1. The number of aliphatic hydroxyl groups excluding tert-OH is 1. The Bertz CT molecular complexity index is 991. The van der Waals surface area contributed by atoms with Crippen molar-refractivity contribution in [2.24, 2.45) is 0 Å². The second kappa shape index (κ2) is 9.12. The Kier molecular flexibility index (Phi) is 6.30. The largest absolute Gasteiger partial charge is 0.486 e. The summed E-state index contributed by atoms with van der Waals surface area (Å²) in [5.41, 5.74) is 1.93. The normalized spacial score (nSPS) is 18.2. The zero-order chi connectivity index (χ0) is 21.8. The van der Waals surface area contributed by atoms with Crippen LogP contribution in [0.25, 0.3) is 6.08 Å². The molecule has 162 valence electrons. The fourth-order valence-electron chi connectivity index (χ4n) is 4.26. The van der Waals surface area contributed by atoms with Crippen molar-refractivity contribution in [3.8, 4) is 5.75 Å². The summed E-state index contributed by atoms with van der Waals surface area (Å²) in [6.45, 7) is 2.07. The van der Waals surface area contributed by atoms with Gasteiger partial charge in [-0.05, 0) is 47.9 Å². The lowest BCUT2D eigenvalue weighted by Gasteiger charge is -2.44. The number of fused-ring (bicyclic) bond motifs is 1. The minimum atomic E-state index is -0.535. The van der Waals surface area contributed by atoms with E-state index in [0.29, 0.717) is 17.7 Å². The van der Waals surface area contributed by atoms with E-state index in [1.807, 2.05) is 18.2 Å². The third-order valence-electron chi connectivity index (χ3n) is 6.13. The molecular formula is C25H26FNO4. The van der Waals surface area contributed by atoms with E-state index in [9.17, 15) is 14.0 Å². The number of Topliss-reactive ketones (excluding diaryl/α,β-unsaturated/α-hetero) is 1. The molecule has 0 unspecified atom stereocenters. The Morgan fingerprint density at radius 1 is 1.16 bits per heavy atom. The summed E-state index contributed by atoms with van der Waals surface area (Å²) in [4.78, 5) is 26.5. The van der Waals surface area contributed by atoms with E-state index in [1.54, 1.807) is 18.2 Å². The van der Waals surface area contributed by atoms with E-state index < -0.39 is 12.2 Å². The predicted octanol–water partition coefficient (Wildman–Crippen LogP) is 3.44. The lowest BCUT2D eigenvalue weighted by molar-refractivity contribution is -0.117. The van der Waals surface area contributed by atoms with Gasteiger partial charge in [-0.25, -0.2) is 4.39 Å². The molecular weight excluding hydrogens is 397 g/mol. The van der Waals surface area contributed by atoms with Crippen LogP contribution in [0.5, 0.6) is 5.75 Å². The van der Waals surface area contributed by atoms with Crippen molar-refractivity contribution < 1.29 is 23.8 Å². The van der Waals surface area contributed by atoms with Gasteiger partial charge in [0, 0.05) is 32.5 Å². The van der Waals surface area contributed by atoms with Gasteiger partial charge in [0.2, 0.25) is 0 Å². The van der Waals surface area contributed by atoms with E-state index in [-0.39, 0.29) is 17.4 Å². The van der Waals surface area contributed by atoms with Gasteiger partial charge in [-0.3, -0.25) is 9.59 Å². The van der Waals surface area contributed by atoms with Gasteiger partial charge in [-0.15, -0.1) is 0 Å². The maximum atomic E-state index is 13.1. The summed E-state index contributed by atoms with van der Waals surface area (Å²) in [6, 6.07) is 12.0. The molecule has 0 atom stereocenters. The molecule has 2 aromatic rings. The summed E-state index contributed by atoms with van der Waals surface area (Å²) in [5.74, 6) is 0.0571. The lowest BCUT2D eigenvalue weighted by Crippen LogP contribution is -2.51. The molecule has 4 rings (SSSR count). The Labute approximate surface area is 181 Å². The van der Waals surface area contributed by atoms with Crippen molar-refractivity contribution in [1.29, 1.82) is 0 Å². The standard InChI is InChI=1S/C25H26FNO4/c26-20-5-1-18(2-6-20)9-12-27-13-10-25(11-14-27)16-23(30)22-15-19(3-7-21(29)17-28)4-8-24(22)31-25/h1-8,15,28H,9-14,16-17H2/b7-3+. The molecule has 31 heavy (non-hydrogen) atoms. The Hall–Kier alpha value is -2.83. The van der Waals surface area contributed by atoms with Gasteiger partial charge in [-0.1, -0.05) is 24.3 Å². The topological polar surface area (TPSA) is 66.8 Å². The first-order valence-electron chi connectivity index (χ1n) is 10.6. The maximum absolute atomic E-state index is 13.1. The number of piperidine rings is 1. The first-order valence-corrected chi connectivity index (χ1v) is 10.6. The second-order valence-corrected chi connectivity index (χ2v) is 8.32. The molecule has 0 amide bonds. The fourth-order valence-corrected chi connectivity index (χ4v) is 4.26. The van der Waals surface area contributed by atoms with Gasteiger partial charge >= 0.3 is 0 Å². The van der Waals surface area contributed by atoms with Crippen molar-refractivity contribution in [3.63, 3.8) is 0 Å². The number of halogens is 1. The highest BCUT2D eigenvalue weighted by Crippen LogP contribution is 2.39. The quantitative estimate of drug-likeness (QED) is 0.721. The van der Waals surface area contributed by atoms with Crippen LogP contribution in [-0.2, 0) is 11.2 Å². The highest BCUT2D eigenvalue weighted by atomic mass is 19.1. The van der Waals surface area contributed by atoms with Gasteiger partial charge in [0.1, 0.15) is 23.8 Å². The summed E-state index contributed by atoms with van der Waals surface area (Å²) >= 11 is 0. The van der Waals surface area contributed by atoms with Crippen LogP contribution in [0.2, 0.25) is 0 Å². The van der Waals surface area contributed by atoms with Crippen LogP contribution in [-0.4, -0.2) is 53.4 Å². The molecule has 6 heteroatoms. The van der Waals surface area contributed by atoms with Crippen LogP contribution < -0.4 is 4.74 Å². The van der Waals surface area contributed by atoms with Crippen molar-refractivity contribution in [2.75, 3.05) is 26.2 Å². The molecule has 1 N–H and O–H groups in total. The molecule has 2 aliphatic rings. The number of benzene rings is 2. The molecule has 0 bridgehead atoms. The minimum Gasteiger partial charge on any atom is -0.486 e. The van der Waals surface area contributed by atoms with E-state index in [4.69, 9.17) is 9.84 Å². The van der Waals surface area contributed by atoms with Gasteiger partial charge in [0.15, 0.2) is 11.6 Å². The highest BCUT2D eigenvalue weighted by Gasteiger charge is 2.42. The molecule has 0 saturated carbocycles. The van der Waals surface area contributed by atoms with Crippen LogP contribution in [0.3, 0.4) is 0 Å². The van der Waals surface area contributed by atoms with Crippen molar-refractivity contribution in [2.45, 2.75) is 31.3 Å². The SMILES string of the molecule is O=C(/C=C/c1ccc2c(c1)C(=O)CC1(CCN(CCc3ccc(F)cc3)CC1)O2)CO. The Balaban J connectivity index is 1.36. The van der Waals surface area contributed by atoms with Gasteiger partial charge in [0.05, 0.1) is 12.0 Å². The van der Waals surface area contributed by atoms with Gasteiger partial charge in [-0.2, -0.15) is 0 Å². The van der Waals surface area contributed by atoms with E-state index in [0.717, 1.165) is 50.0 Å². The number of rotatable bonds is 6. The predicted molar refractivity (Wildman–Crippen MR) is 116 cm³/mol. The summed E-state index contributed by atoms with van der Waals surface area (Å²) in [5, 5.41) is 8.82. The third kappa shape index (κ3) is 5.09. The molecule has 2 heterocycles. The average Bonchev–Trinajstić information content (AvgIpc) is 2.78. The summed E-state index contributed by atoms with van der Waals surface area (Å²) in [7, 11) is 0. The lowest BCUT2D eigenvalue weighted by atomic mass is 9.82. The van der Waals surface area contributed by atoms with Gasteiger partial charge < -0.3 is 14.7 Å². The summed E-state index contributed by atoms with van der Waals surface area (Å²) < 4.78 is 19.4. The van der Waals surface area contributed by atoms with Crippen molar-refractivity contribution >= 4 is 17.6 Å². The number of likely N-dealkylation sites (tertiary alicyclic amines) is 1. The number of ketones is 2. The molecule has 5 nitrogen and oxygen atoms in total. The molecule has 1 saturated heterocycles. The molecule has 1 fully saturated rings. The molecule has 2 aliphatic heterocycles. The van der Waals surface area contributed by atoms with Crippen molar-refractivity contribution in [3.05, 3.63) is 71.0 Å².